The van der Waals surface area contributed by atoms with Gasteiger partial charge in [-0.05, 0) is 38.2 Å². The smallest absolute Gasteiger partial charge is 0.316 e. The summed E-state index contributed by atoms with van der Waals surface area (Å²) in [5.41, 5.74) is 2.20. The molecule has 1 aliphatic heterocycles. The van der Waals surface area contributed by atoms with E-state index in [1.807, 2.05) is 35.8 Å². The Kier molecular flexibility index (Phi) is 4.23. The summed E-state index contributed by atoms with van der Waals surface area (Å²) < 4.78 is 3.66. The van der Waals surface area contributed by atoms with E-state index >= 15 is 0 Å². The summed E-state index contributed by atoms with van der Waals surface area (Å²) in [6.45, 7) is 0.773. The molecule has 1 unspecified atom stereocenters. The lowest BCUT2D eigenvalue weighted by Gasteiger charge is -2.35. The van der Waals surface area contributed by atoms with Crippen LogP contribution in [0.15, 0.2) is 18.3 Å². The van der Waals surface area contributed by atoms with Crippen LogP contribution < -0.4 is 5.32 Å². The third kappa shape index (κ3) is 3.03. The molecule has 7 nitrogen and oxygen atoms in total. The lowest BCUT2D eigenvalue weighted by molar-refractivity contribution is 0.159. The van der Waals surface area contributed by atoms with Crippen molar-refractivity contribution in [2.75, 3.05) is 11.9 Å². The molecule has 2 aromatic rings. The second-order valence-electron chi connectivity index (χ2n) is 7.22. The third-order valence-electron chi connectivity index (χ3n) is 5.62. The van der Waals surface area contributed by atoms with Crippen molar-refractivity contribution in [1.29, 1.82) is 0 Å². The number of nitrogens with one attached hydrogen (secondary N) is 1. The van der Waals surface area contributed by atoms with Crippen LogP contribution in [0.25, 0.3) is 0 Å². The zero-order chi connectivity index (χ0) is 17.4. The summed E-state index contributed by atoms with van der Waals surface area (Å²) in [6.07, 6.45) is 8.65. The maximum atomic E-state index is 12.9. The zero-order valence-electron chi connectivity index (χ0n) is 15.0. The van der Waals surface area contributed by atoms with E-state index < -0.39 is 0 Å². The fourth-order valence-corrected chi connectivity index (χ4v) is 3.88. The van der Waals surface area contributed by atoms with Gasteiger partial charge in [-0.2, -0.15) is 10.2 Å². The summed E-state index contributed by atoms with van der Waals surface area (Å²) in [5, 5.41) is 11.9. The van der Waals surface area contributed by atoms with E-state index in [4.69, 9.17) is 0 Å². The molecule has 2 aromatic heterocycles. The fraction of sp³-hybridized carbons (Fsp3) is 0.611. The highest BCUT2D eigenvalue weighted by molar-refractivity contribution is 5.88. The second kappa shape index (κ2) is 6.54. The van der Waals surface area contributed by atoms with Crippen LogP contribution >= 0.6 is 0 Å². The van der Waals surface area contributed by atoms with Gasteiger partial charge in [-0.25, -0.2) is 4.79 Å². The maximum Gasteiger partial charge on any atom is 0.323 e. The number of carbonyl (C=O) groups excluding carboxylic acids is 1. The van der Waals surface area contributed by atoms with Gasteiger partial charge in [0.1, 0.15) is 5.82 Å². The molecule has 2 aliphatic rings. The molecule has 0 aromatic carbocycles. The summed E-state index contributed by atoms with van der Waals surface area (Å²) in [4.78, 5) is 14.9. The molecule has 1 aliphatic carbocycles. The number of piperidine rings is 1. The number of nitrogens with zero attached hydrogens (tertiary/aromatic N) is 5. The molecule has 1 saturated carbocycles. The van der Waals surface area contributed by atoms with E-state index in [0.29, 0.717) is 5.92 Å². The Morgan fingerprint density at radius 2 is 2.00 bits per heavy atom. The fourth-order valence-electron chi connectivity index (χ4n) is 3.88. The lowest BCUT2D eigenvalue weighted by atomic mass is 9.83. The van der Waals surface area contributed by atoms with Gasteiger partial charge in [0.15, 0.2) is 0 Å². The van der Waals surface area contributed by atoms with Crippen LogP contribution in [0.2, 0.25) is 0 Å². The van der Waals surface area contributed by atoms with E-state index in [1.165, 1.54) is 19.3 Å². The van der Waals surface area contributed by atoms with Crippen molar-refractivity contribution >= 4 is 11.8 Å². The van der Waals surface area contributed by atoms with Gasteiger partial charge in [0.2, 0.25) is 0 Å². The standard InChI is InChI=1S/C18H26N6O/c1-22-15(9-10-19-22)16-8-3-4-11-24(16)18(25)20-17-12-14(21-23(17)2)13-6-5-7-13/h9-10,12-13,16H,3-8,11H2,1-2H3,(H,20,25). The number of likely N-dealkylation sites (tertiary alicyclic amines) is 1. The van der Waals surface area contributed by atoms with Gasteiger partial charge in [-0.3, -0.25) is 14.7 Å². The van der Waals surface area contributed by atoms with Crippen molar-refractivity contribution in [3.63, 3.8) is 0 Å². The molecule has 134 valence electrons. The number of anilines is 1. The van der Waals surface area contributed by atoms with Crippen LogP contribution in [-0.4, -0.2) is 37.0 Å². The molecular formula is C18H26N6O. The Morgan fingerprint density at radius 3 is 2.68 bits per heavy atom. The van der Waals surface area contributed by atoms with Crippen molar-refractivity contribution in [3.05, 3.63) is 29.7 Å². The van der Waals surface area contributed by atoms with Crippen LogP contribution in [0.5, 0.6) is 0 Å². The van der Waals surface area contributed by atoms with Gasteiger partial charge < -0.3 is 4.90 Å². The summed E-state index contributed by atoms with van der Waals surface area (Å²) >= 11 is 0. The number of hydrogen-bond donors (Lipinski definition) is 1. The minimum atomic E-state index is -0.0472. The number of rotatable bonds is 3. The van der Waals surface area contributed by atoms with Crippen molar-refractivity contribution in [2.45, 2.75) is 50.5 Å². The third-order valence-corrected chi connectivity index (χ3v) is 5.62. The first kappa shape index (κ1) is 16.2. The largest absolute Gasteiger partial charge is 0.323 e. The lowest BCUT2D eigenvalue weighted by Crippen LogP contribution is -2.42. The van der Waals surface area contributed by atoms with E-state index in [-0.39, 0.29) is 12.1 Å². The molecule has 2 amide bonds. The topological polar surface area (TPSA) is 68.0 Å². The number of aromatic nitrogens is 4. The number of carbonyl (C=O) groups is 1. The van der Waals surface area contributed by atoms with Crippen molar-refractivity contribution in [1.82, 2.24) is 24.5 Å². The molecular weight excluding hydrogens is 316 g/mol. The van der Waals surface area contributed by atoms with E-state index in [1.54, 1.807) is 10.9 Å². The first-order valence-corrected chi connectivity index (χ1v) is 9.23. The van der Waals surface area contributed by atoms with E-state index in [9.17, 15) is 4.79 Å². The van der Waals surface area contributed by atoms with Gasteiger partial charge in [0.05, 0.1) is 17.4 Å². The monoisotopic (exact) mass is 342 g/mol. The predicted octanol–water partition coefficient (Wildman–Crippen LogP) is 3.18. The normalized spacial score (nSPS) is 21.2. The molecule has 1 N–H and O–H groups in total. The molecule has 7 heteroatoms. The van der Waals surface area contributed by atoms with Gasteiger partial charge in [-0.1, -0.05) is 6.42 Å². The Morgan fingerprint density at radius 1 is 1.16 bits per heavy atom. The SMILES string of the molecule is Cn1nc(C2CCC2)cc1NC(=O)N1CCCCC1c1ccnn1C. The molecule has 0 bridgehead atoms. The summed E-state index contributed by atoms with van der Waals surface area (Å²) in [7, 11) is 3.83. The molecule has 1 saturated heterocycles. The summed E-state index contributed by atoms with van der Waals surface area (Å²) in [5.74, 6) is 1.34. The van der Waals surface area contributed by atoms with E-state index in [0.717, 1.165) is 43.0 Å². The van der Waals surface area contributed by atoms with Crippen molar-refractivity contribution in [2.24, 2.45) is 14.1 Å². The molecule has 25 heavy (non-hydrogen) atoms. The van der Waals surface area contributed by atoms with Crippen molar-refractivity contribution in [3.8, 4) is 0 Å². The molecule has 3 heterocycles. The maximum absolute atomic E-state index is 12.9. The number of aryl methyl sites for hydroxylation is 2. The number of amides is 2. The van der Waals surface area contributed by atoms with Crippen molar-refractivity contribution < 1.29 is 4.79 Å². The average Bonchev–Trinajstić information content (AvgIpc) is 3.12. The zero-order valence-corrected chi connectivity index (χ0v) is 15.0. The van der Waals surface area contributed by atoms with Crippen LogP contribution in [0.4, 0.5) is 10.6 Å². The highest BCUT2D eigenvalue weighted by atomic mass is 16.2. The van der Waals surface area contributed by atoms with Gasteiger partial charge >= 0.3 is 6.03 Å². The minimum absolute atomic E-state index is 0.0472. The van der Waals surface area contributed by atoms with Crippen LogP contribution in [0, 0.1) is 0 Å². The molecule has 0 radical (unpaired) electrons. The Labute approximate surface area is 148 Å². The highest BCUT2D eigenvalue weighted by Crippen LogP contribution is 2.36. The predicted molar refractivity (Wildman–Crippen MR) is 95.3 cm³/mol. The first-order valence-electron chi connectivity index (χ1n) is 9.23. The van der Waals surface area contributed by atoms with Crippen LogP contribution in [0.3, 0.4) is 0 Å². The van der Waals surface area contributed by atoms with Gasteiger partial charge in [0, 0.05) is 38.8 Å². The average molecular weight is 342 g/mol. The van der Waals surface area contributed by atoms with Gasteiger partial charge in [-0.15, -0.1) is 0 Å². The Bertz CT molecular complexity index is 759. The number of urea groups is 1. The first-order chi connectivity index (χ1) is 12.1. The van der Waals surface area contributed by atoms with Gasteiger partial charge in [0.25, 0.3) is 0 Å². The Hall–Kier alpha value is -2.31. The van der Waals surface area contributed by atoms with E-state index in [2.05, 4.69) is 15.5 Å². The molecule has 2 fully saturated rings. The minimum Gasteiger partial charge on any atom is -0.316 e. The Balaban J connectivity index is 1.51. The molecule has 1 atom stereocenters. The summed E-state index contributed by atoms with van der Waals surface area (Å²) in [6, 6.07) is 4.08. The number of hydrogen-bond acceptors (Lipinski definition) is 3. The van der Waals surface area contributed by atoms with Crippen LogP contribution in [0.1, 0.15) is 61.9 Å². The second-order valence-corrected chi connectivity index (χ2v) is 7.22. The quantitative estimate of drug-likeness (QED) is 0.931. The molecule has 4 rings (SSSR count). The highest BCUT2D eigenvalue weighted by Gasteiger charge is 2.30. The molecule has 0 spiro atoms. The van der Waals surface area contributed by atoms with Crippen LogP contribution in [-0.2, 0) is 14.1 Å².